The van der Waals surface area contributed by atoms with E-state index >= 15 is 0 Å². The van der Waals surface area contributed by atoms with Crippen LogP contribution in [0.3, 0.4) is 0 Å². The van der Waals surface area contributed by atoms with Crippen molar-refractivity contribution in [1.29, 1.82) is 0 Å². The number of benzene rings is 2. The molecule has 1 N–H and O–H groups in total. The number of non-ortho nitro benzene ring substituents is 1. The van der Waals surface area contributed by atoms with E-state index in [0.29, 0.717) is 21.7 Å². The lowest BCUT2D eigenvalue weighted by atomic mass is 10.1. The number of nitro benzene ring substituents is 2. The van der Waals surface area contributed by atoms with E-state index in [4.69, 9.17) is 23.2 Å². The Morgan fingerprint density at radius 3 is 2.38 bits per heavy atom. The summed E-state index contributed by atoms with van der Waals surface area (Å²) < 4.78 is 12.2. The fraction of sp³-hybridized carbons (Fsp3) is 0.0667. The molecule has 0 radical (unpaired) electrons. The third kappa shape index (κ3) is 4.85. The van der Waals surface area contributed by atoms with E-state index < -0.39 is 38.1 Å². The van der Waals surface area contributed by atoms with Crippen molar-refractivity contribution in [3.63, 3.8) is 0 Å². The van der Waals surface area contributed by atoms with Crippen LogP contribution in [0.5, 0.6) is 5.75 Å². The van der Waals surface area contributed by atoms with Crippen LogP contribution in [0.25, 0.3) is 6.08 Å². The molecule has 1 unspecified atom stereocenters. The third-order valence-corrected chi connectivity index (χ3v) is 4.85. The molecule has 11 heteroatoms. The molecule has 0 fully saturated rings. The smallest absolute Gasteiger partial charge is 0.318 e. The molecule has 26 heavy (non-hydrogen) atoms. The predicted molar refractivity (Wildman–Crippen MR) is 98.8 cm³/mol. The second-order valence-electron chi connectivity index (χ2n) is 4.98. The molecule has 0 spiro atoms. The Hall–Kier alpha value is -2.33. The molecular weight excluding hydrogens is 407 g/mol. The van der Waals surface area contributed by atoms with Crippen molar-refractivity contribution >= 4 is 51.8 Å². The summed E-state index contributed by atoms with van der Waals surface area (Å²) >= 11 is 10.2. The SMILES string of the molecule is O=[N+]([O-])c1cc(/C=C/[S+]([O-])Cc2ccc(Cl)cc2Cl)c(O)c([N+](=O)[O-])c1. The van der Waals surface area contributed by atoms with Gasteiger partial charge in [-0.15, -0.1) is 0 Å². The van der Waals surface area contributed by atoms with Gasteiger partial charge in [-0.05, 0) is 29.4 Å². The monoisotopic (exact) mass is 416 g/mol. The first-order valence-corrected chi connectivity index (χ1v) is 8.98. The van der Waals surface area contributed by atoms with Crippen molar-refractivity contribution < 1.29 is 19.5 Å². The molecule has 8 nitrogen and oxygen atoms in total. The second-order valence-corrected chi connectivity index (χ2v) is 7.15. The average Bonchev–Trinajstić information content (AvgIpc) is 2.56. The zero-order chi connectivity index (χ0) is 19.4. The van der Waals surface area contributed by atoms with Crippen LogP contribution in [0.15, 0.2) is 35.7 Å². The second kappa shape index (κ2) is 8.37. The normalized spacial score (nSPS) is 12.3. The van der Waals surface area contributed by atoms with Gasteiger partial charge < -0.3 is 9.66 Å². The van der Waals surface area contributed by atoms with Crippen molar-refractivity contribution in [2.24, 2.45) is 0 Å². The van der Waals surface area contributed by atoms with E-state index in [-0.39, 0.29) is 11.3 Å². The summed E-state index contributed by atoms with van der Waals surface area (Å²) in [6.07, 6.45) is 1.12. The van der Waals surface area contributed by atoms with Crippen molar-refractivity contribution in [2.75, 3.05) is 0 Å². The van der Waals surface area contributed by atoms with E-state index in [1.807, 2.05) is 0 Å². The first kappa shape index (κ1) is 20.0. The van der Waals surface area contributed by atoms with E-state index in [0.717, 1.165) is 17.6 Å². The lowest BCUT2D eigenvalue weighted by Crippen LogP contribution is -2.01. The quantitative estimate of drug-likeness (QED) is 0.420. The summed E-state index contributed by atoms with van der Waals surface area (Å²) in [5, 5.41) is 33.6. The predicted octanol–water partition coefficient (Wildman–Crippen LogP) is 4.44. The molecule has 2 rings (SSSR count). The highest BCUT2D eigenvalue weighted by Crippen LogP contribution is 2.35. The number of halogens is 2. The van der Waals surface area contributed by atoms with E-state index in [2.05, 4.69) is 0 Å². The van der Waals surface area contributed by atoms with Gasteiger partial charge in [-0.25, -0.2) is 0 Å². The van der Waals surface area contributed by atoms with Crippen molar-refractivity contribution in [1.82, 2.24) is 0 Å². The number of hydrogen-bond donors (Lipinski definition) is 1. The minimum atomic E-state index is -1.59. The topological polar surface area (TPSA) is 130 Å². The van der Waals surface area contributed by atoms with Crippen molar-refractivity contribution in [3.8, 4) is 5.75 Å². The fourth-order valence-electron chi connectivity index (χ4n) is 1.99. The van der Waals surface area contributed by atoms with Crippen LogP contribution in [-0.4, -0.2) is 19.5 Å². The molecule has 1 atom stereocenters. The first-order chi connectivity index (χ1) is 12.2. The van der Waals surface area contributed by atoms with Crippen LogP contribution >= 0.6 is 23.2 Å². The van der Waals surface area contributed by atoms with Crippen LogP contribution in [0.4, 0.5) is 11.4 Å². The maximum Gasteiger partial charge on any atom is 0.318 e. The summed E-state index contributed by atoms with van der Waals surface area (Å²) in [4.78, 5) is 20.0. The lowest BCUT2D eigenvalue weighted by Gasteiger charge is -2.08. The number of nitro groups is 2. The Balaban J connectivity index is 2.28. The molecule has 0 heterocycles. The van der Waals surface area contributed by atoms with Gasteiger partial charge in [0.2, 0.25) is 5.75 Å². The molecule has 2 aromatic rings. The molecule has 0 amide bonds. The van der Waals surface area contributed by atoms with Crippen LogP contribution in [0.1, 0.15) is 11.1 Å². The minimum Gasteiger partial charge on any atom is -0.612 e. The van der Waals surface area contributed by atoms with Crippen LogP contribution < -0.4 is 0 Å². The zero-order valence-electron chi connectivity index (χ0n) is 12.8. The van der Waals surface area contributed by atoms with Gasteiger partial charge in [0.15, 0.2) is 0 Å². The van der Waals surface area contributed by atoms with Gasteiger partial charge in [0.25, 0.3) is 5.69 Å². The van der Waals surface area contributed by atoms with E-state index in [9.17, 15) is 29.9 Å². The van der Waals surface area contributed by atoms with Gasteiger partial charge in [0, 0.05) is 27.2 Å². The number of phenolic OH excluding ortho intramolecular Hbond substituents is 1. The van der Waals surface area contributed by atoms with Gasteiger partial charge in [-0.3, -0.25) is 20.2 Å². The number of hydrogen-bond acceptors (Lipinski definition) is 6. The van der Waals surface area contributed by atoms with E-state index in [1.54, 1.807) is 12.1 Å². The van der Waals surface area contributed by atoms with E-state index in [1.165, 1.54) is 6.07 Å². The lowest BCUT2D eigenvalue weighted by molar-refractivity contribution is -0.394. The van der Waals surface area contributed by atoms with Gasteiger partial charge >= 0.3 is 5.69 Å². The summed E-state index contributed by atoms with van der Waals surface area (Å²) in [5.41, 5.74) is -1.01. The van der Waals surface area contributed by atoms with Gasteiger partial charge in [-0.1, -0.05) is 29.3 Å². The Morgan fingerprint density at radius 2 is 1.81 bits per heavy atom. The first-order valence-electron chi connectivity index (χ1n) is 6.84. The molecule has 0 aromatic heterocycles. The summed E-state index contributed by atoms with van der Waals surface area (Å²) in [6, 6.07) is 6.28. The number of rotatable bonds is 6. The highest BCUT2D eigenvalue weighted by molar-refractivity contribution is 7.93. The highest BCUT2D eigenvalue weighted by atomic mass is 35.5. The Labute approximate surface area is 160 Å². The Kier molecular flexibility index (Phi) is 6.43. The van der Waals surface area contributed by atoms with Gasteiger partial charge in [0.05, 0.1) is 15.9 Å². The third-order valence-electron chi connectivity index (χ3n) is 3.22. The molecule has 0 saturated heterocycles. The molecule has 0 aliphatic rings. The number of phenols is 1. The Bertz CT molecular complexity index is 906. The summed E-state index contributed by atoms with van der Waals surface area (Å²) in [6.45, 7) is 0. The fourth-order valence-corrected chi connectivity index (χ4v) is 3.49. The largest absolute Gasteiger partial charge is 0.612 e. The summed E-state index contributed by atoms with van der Waals surface area (Å²) in [7, 11) is 0. The molecule has 0 aliphatic heterocycles. The molecule has 0 saturated carbocycles. The highest BCUT2D eigenvalue weighted by Gasteiger charge is 2.23. The van der Waals surface area contributed by atoms with Gasteiger partial charge in [-0.2, -0.15) is 0 Å². The van der Waals surface area contributed by atoms with Crippen LogP contribution in [0, 0.1) is 20.2 Å². The molecule has 0 aliphatic carbocycles. The number of nitrogens with zero attached hydrogens (tertiary/aromatic N) is 2. The molecule has 2 aromatic carbocycles. The standard InChI is InChI=1S/C15H10Cl2N2O6S/c16-11-2-1-10(13(17)6-11)8-26(25)4-3-9-5-12(18(21)22)7-14(15(9)20)19(23)24/h1-7,20H,8H2/b4-3+. The minimum absolute atomic E-state index is 0.0320. The Morgan fingerprint density at radius 1 is 1.12 bits per heavy atom. The summed E-state index contributed by atoms with van der Waals surface area (Å²) in [5.74, 6) is -0.719. The molecule has 136 valence electrons. The maximum atomic E-state index is 12.2. The van der Waals surface area contributed by atoms with Crippen LogP contribution in [0.2, 0.25) is 10.0 Å². The molecule has 0 bridgehead atoms. The maximum absolute atomic E-state index is 12.2. The van der Waals surface area contributed by atoms with Crippen molar-refractivity contribution in [2.45, 2.75) is 5.75 Å². The zero-order valence-corrected chi connectivity index (χ0v) is 15.1. The number of aromatic hydroxyl groups is 1. The van der Waals surface area contributed by atoms with Crippen LogP contribution in [-0.2, 0) is 16.9 Å². The molecular formula is C15H10Cl2N2O6S. The van der Waals surface area contributed by atoms with Crippen molar-refractivity contribution in [3.05, 3.63) is 77.1 Å². The average molecular weight is 417 g/mol. The van der Waals surface area contributed by atoms with Gasteiger partial charge in [0.1, 0.15) is 11.2 Å².